The number of nitrogens with zero attached hydrogens (tertiary/aromatic N) is 1. The zero-order valence-corrected chi connectivity index (χ0v) is 14.6. The minimum Gasteiger partial charge on any atom is -0.274 e. The molecular formula is C16H18F3NO5S. The number of imide groups is 1. The van der Waals surface area contributed by atoms with Crippen molar-refractivity contribution in [3.63, 3.8) is 0 Å². The minimum absolute atomic E-state index is 0.169. The van der Waals surface area contributed by atoms with Gasteiger partial charge in [0.2, 0.25) is 0 Å². The van der Waals surface area contributed by atoms with Gasteiger partial charge in [0.1, 0.15) is 0 Å². The van der Waals surface area contributed by atoms with Crippen LogP contribution < -0.4 is 0 Å². The van der Waals surface area contributed by atoms with Gasteiger partial charge < -0.3 is 0 Å². The topological polar surface area (TPSA) is 80.8 Å². The third-order valence-electron chi connectivity index (χ3n) is 3.93. The molecular weight excluding hydrogens is 375 g/mol. The van der Waals surface area contributed by atoms with Crippen LogP contribution in [0.1, 0.15) is 52.8 Å². The number of rotatable bonds is 9. The summed E-state index contributed by atoms with van der Waals surface area (Å²) in [4.78, 5) is 25.4. The molecule has 0 bridgehead atoms. The number of amides is 2. The van der Waals surface area contributed by atoms with Crippen LogP contribution in [0.25, 0.3) is 0 Å². The van der Waals surface area contributed by atoms with Gasteiger partial charge >= 0.3 is 15.6 Å². The van der Waals surface area contributed by atoms with Crippen LogP contribution in [-0.4, -0.2) is 43.8 Å². The number of carbonyl (C=O) groups excluding carboxylic acids is 2. The lowest BCUT2D eigenvalue weighted by molar-refractivity contribution is -0.0543. The first-order valence-corrected chi connectivity index (χ1v) is 9.47. The van der Waals surface area contributed by atoms with Gasteiger partial charge in [0.15, 0.2) is 0 Å². The molecule has 1 aliphatic rings. The molecule has 1 aromatic carbocycles. The van der Waals surface area contributed by atoms with Crippen molar-refractivity contribution in [2.75, 3.05) is 13.2 Å². The largest absolute Gasteiger partial charge is 0.523 e. The molecule has 2 amide bonds. The fourth-order valence-electron chi connectivity index (χ4n) is 2.58. The van der Waals surface area contributed by atoms with Crippen molar-refractivity contribution in [3.8, 4) is 0 Å². The molecule has 0 radical (unpaired) electrons. The van der Waals surface area contributed by atoms with Crippen molar-refractivity contribution < 1.29 is 35.4 Å². The van der Waals surface area contributed by atoms with Gasteiger partial charge in [0, 0.05) is 6.54 Å². The van der Waals surface area contributed by atoms with Gasteiger partial charge in [-0.2, -0.15) is 21.6 Å². The molecule has 0 N–H and O–H groups in total. The quantitative estimate of drug-likeness (QED) is 0.279. The normalized spacial score (nSPS) is 14.8. The minimum atomic E-state index is -5.53. The Morgan fingerprint density at radius 3 is 1.92 bits per heavy atom. The third-order valence-corrected chi connectivity index (χ3v) is 4.97. The van der Waals surface area contributed by atoms with Gasteiger partial charge in [-0.1, -0.05) is 31.4 Å². The van der Waals surface area contributed by atoms with E-state index in [1.807, 2.05) is 0 Å². The molecule has 0 aliphatic carbocycles. The summed E-state index contributed by atoms with van der Waals surface area (Å²) in [7, 11) is -5.53. The highest BCUT2D eigenvalue weighted by Crippen LogP contribution is 2.25. The average Bonchev–Trinajstić information content (AvgIpc) is 2.81. The summed E-state index contributed by atoms with van der Waals surface area (Å²) in [5, 5.41) is 0. The molecule has 1 aliphatic heterocycles. The van der Waals surface area contributed by atoms with Gasteiger partial charge in [0.25, 0.3) is 11.8 Å². The highest BCUT2D eigenvalue weighted by molar-refractivity contribution is 7.87. The Morgan fingerprint density at radius 2 is 1.38 bits per heavy atom. The van der Waals surface area contributed by atoms with E-state index in [2.05, 4.69) is 4.18 Å². The van der Waals surface area contributed by atoms with E-state index in [0.29, 0.717) is 36.8 Å². The summed E-state index contributed by atoms with van der Waals surface area (Å²) in [6.07, 6.45) is 2.49. The molecule has 0 unspecified atom stereocenters. The second-order valence-electron chi connectivity index (χ2n) is 5.80. The second-order valence-corrected chi connectivity index (χ2v) is 7.40. The summed E-state index contributed by atoms with van der Waals surface area (Å²) in [5.41, 5.74) is -4.62. The number of carbonyl (C=O) groups is 2. The molecule has 0 atom stereocenters. The van der Waals surface area contributed by atoms with E-state index in [4.69, 9.17) is 0 Å². The van der Waals surface area contributed by atoms with Crippen molar-refractivity contribution in [1.29, 1.82) is 0 Å². The number of alkyl halides is 3. The molecule has 2 rings (SSSR count). The fourth-order valence-corrected chi connectivity index (χ4v) is 3.05. The number of benzene rings is 1. The summed E-state index contributed by atoms with van der Waals surface area (Å²) >= 11 is 0. The smallest absolute Gasteiger partial charge is 0.274 e. The molecule has 0 spiro atoms. The monoisotopic (exact) mass is 393 g/mol. The fraction of sp³-hybridized carbons (Fsp3) is 0.500. The van der Waals surface area contributed by atoms with Crippen molar-refractivity contribution in [3.05, 3.63) is 35.4 Å². The van der Waals surface area contributed by atoms with Crippen LogP contribution in [0, 0.1) is 0 Å². The van der Waals surface area contributed by atoms with Crippen LogP contribution in [0.2, 0.25) is 0 Å². The number of halogens is 3. The van der Waals surface area contributed by atoms with Gasteiger partial charge in [-0.3, -0.25) is 18.7 Å². The maximum atomic E-state index is 12.1. The van der Waals surface area contributed by atoms with Gasteiger partial charge in [-0.25, -0.2) is 0 Å². The lowest BCUT2D eigenvalue weighted by Crippen LogP contribution is -2.30. The molecule has 26 heavy (non-hydrogen) atoms. The number of hydrogen-bond donors (Lipinski definition) is 0. The number of hydrogen-bond acceptors (Lipinski definition) is 5. The highest BCUT2D eigenvalue weighted by atomic mass is 32.2. The van der Waals surface area contributed by atoms with Crippen LogP contribution in [-0.2, 0) is 14.3 Å². The lowest BCUT2D eigenvalue weighted by Gasteiger charge is -2.13. The molecule has 144 valence electrons. The summed E-state index contributed by atoms with van der Waals surface area (Å²) in [6, 6.07) is 6.58. The predicted octanol–water partition coefficient (Wildman–Crippen LogP) is 3.10. The molecule has 6 nitrogen and oxygen atoms in total. The van der Waals surface area contributed by atoms with Crippen molar-refractivity contribution in [2.45, 2.75) is 37.6 Å². The third kappa shape index (κ3) is 4.61. The SMILES string of the molecule is O=C1c2ccccc2C(=O)N1CCCCCCCOS(=O)(=O)C(F)(F)F. The summed E-state index contributed by atoms with van der Waals surface area (Å²) in [5.74, 6) is -0.646. The molecule has 1 aromatic rings. The number of unbranched alkanes of at least 4 members (excludes halogenated alkanes) is 4. The Hall–Kier alpha value is -1.94. The average molecular weight is 393 g/mol. The lowest BCUT2D eigenvalue weighted by atomic mass is 10.1. The maximum Gasteiger partial charge on any atom is 0.523 e. The van der Waals surface area contributed by atoms with E-state index in [1.165, 1.54) is 4.90 Å². The van der Waals surface area contributed by atoms with Gasteiger partial charge in [0.05, 0.1) is 17.7 Å². The molecule has 1 heterocycles. The van der Waals surface area contributed by atoms with Crippen molar-refractivity contribution in [1.82, 2.24) is 4.90 Å². The van der Waals surface area contributed by atoms with E-state index in [1.54, 1.807) is 24.3 Å². The molecule has 0 saturated heterocycles. The van der Waals surface area contributed by atoms with Crippen LogP contribution in [0.4, 0.5) is 13.2 Å². The van der Waals surface area contributed by atoms with Crippen molar-refractivity contribution in [2.24, 2.45) is 0 Å². The van der Waals surface area contributed by atoms with Crippen LogP contribution in [0.5, 0.6) is 0 Å². The molecule has 0 fully saturated rings. The highest BCUT2D eigenvalue weighted by Gasteiger charge is 2.47. The first-order chi connectivity index (χ1) is 12.1. The van der Waals surface area contributed by atoms with Gasteiger partial charge in [-0.05, 0) is 25.0 Å². The second kappa shape index (κ2) is 8.17. The molecule has 0 aromatic heterocycles. The Kier molecular flexibility index (Phi) is 6.40. The van der Waals surface area contributed by atoms with E-state index in [0.717, 1.165) is 0 Å². The Morgan fingerprint density at radius 1 is 0.885 bits per heavy atom. The zero-order valence-electron chi connectivity index (χ0n) is 13.8. The van der Waals surface area contributed by atoms with Crippen LogP contribution >= 0.6 is 0 Å². The standard InChI is InChI=1S/C16H18F3NO5S/c17-16(18,19)26(23,24)25-11-7-3-1-2-6-10-20-14(21)12-8-4-5-9-13(12)15(20)22/h4-5,8-9H,1-3,6-7,10-11H2. The first kappa shape index (κ1) is 20.4. The number of fused-ring (bicyclic) bond motifs is 1. The van der Waals surface area contributed by atoms with Crippen LogP contribution in [0.15, 0.2) is 24.3 Å². The van der Waals surface area contributed by atoms with E-state index in [-0.39, 0.29) is 24.8 Å². The Balaban J connectivity index is 1.62. The Bertz CT molecular complexity index is 741. The van der Waals surface area contributed by atoms with Crippen LogP contribution in [0.3, 0.4) is 0 Å². The summed E-state index contributed by atoms with van der Waals surface area (Å²) in [6.45, 7) is -0.258. The zero-order chi connectivity index (χ0) is 19.4. The summed E-state index contributed by atoms with van der Waals surface area (Å²) < 4.78 is 61.4. The van der Waals surface area contributed by atoms with E-state index < -0.39 is 22.2 Å². The van der Waals surface area contributed by atoms with Gasteiger partial charge in [-0.15, -0.1) is 0 Å². The predicted molar refractivity (Wildman–Crippen MR) is 85.8 cm³/mol. The van der Waals surface area contributed by atoms with E-state index >= 15 is 0 Å². The van der Waals surface area contributed by atoms with Crippen molar-refractivity contribution >= 4 is 21.9 Å². The Labute approximate surface area is 149 Å². The molecule has 0 saturated carbocycles. The first-order valence-electron chi connectivity index (χ1n) is 8.06. The maximum absolute atomic E-state index is 12.1. The molecule has 10 heteroatoms. The van der Waals surface area contributed by atoms with E-state index in [9.17, 15) is 31.2 Å².